The van der Waals surface area contributed by atoms with Crippen LogP contribution in [0.15, 0.2) is 42.5 Å². The summed E-state index contributed by atoms with van der Waals surface area (Å²) in [6.07, 6.45) is -4.26. The third kappa shape index (κ3) is 7.20. The molecule has 208 valence electrons. The molecule has 1 atom stereocenters. The van der Waals surface area contributed by atoms with Crippen molar-refractivity contribution < 1.29 is 21.8 Å². The number of hydrogen-bond donors (Lipinski definition) is 3. The summed E-state index contributed by atoms with van der Waals surface area (Å²) < 4.78 is 66.8. The molecule has 1 aromatic carbocycles. The van der Waals surface area contributed by atoms with Gasteiger partial charge in [-0.3, -0.25) is 4.31 Å². The minimum absolute atomic E-state index is 0. The van der Waals surface area contributed by atoms with Gasteiger partial charge in [0.1, 0.15) is 39.9 Å². The van der Waals surface area contributed by atoms with Crippen LogP contribution >= 0.6 is 0 Å². The van der Waals surface area contributed by atoms with Gasteiger partial charge in [0.2, 0.25) is 0 Å². The van der Waals surface area contributed by atoms with Crippen LogP contribution in [0.2, 0.25) is 0 Å². The van der Waals surface area contributed by atoms with Gasteiger partial charge in [-0.25, -0.2) is 36.7 Å². The van der Waals surface area contributed by atoms with Crippen molar-refractivity contribution in [3.05, 3.63) is 59.5 Å². The molecule has 4 rings (SSSR count). The van der Waals surface area contributed by atoms with Crippen molar-refractivity contribution in [2.45, 2.75) is 34.1 Å². The Bertz CT molecular complexity index is 1490. The van der Waals surface area contributed by atoms with E-state index in [1.54, 1.807) is 12.1 Å². The number of imidazole rings is 1. The van der Waals surface area contributed by atoms with Gasteiger partial charge in [-0.2, -0.15) is 5.26 Å². The third-order valence-corrected chi connectivity index (χ3v) is 6.04. The number of benzene rings is 1. The number of alkyl halides is 4. The quantitative estimate of drug-likeness (QED) is 0.197. The van der Waals surface area contributed by atoms with Gasteiger partial charge in [-0.1, -0.05) is 33.4 Å². The maximum absolute atomic E-state index is 13.4. The lowest BCUT2D eigenvalue weighted by Gasteiger charge is -2.21. The fourth-order valence-corrected chi connectivity index (χ4v) is 3.73. The van der Waals surface area contributed by atoms with Gasteiger partial charge in [-0.05, 0) is 24.3 Å². The first-order valence-electron chi connectivity index (χ1n) is 11.3. The number of hydrogen-bond acceptors (Lipinski definition) is 7. The van der Waals surface area contributed by atoms with Gasteiger partial charge in [0.25, 0.3) is 12.9 Å². The number of nitriles is 1. The van der Waals surface area contributed by atoms with Crippen molar-refractivity contribution in [3.63, 3.8) is 0 Å². The topological polar surface area (TPSA) is 123 Å². The second-order valence-corrected chi connectivity index (χ2v) is 8.84. The maximum Gasteiger partial charge on any atom is 0.295 e. The lowest BCUT2D eigenvalue weighted by Crippen LogP contribution is -2.20. The lowest BCUT2D eigenvalue weighted by molar-refractivity contribution is 0.142. The number of pyridine rings is 2. The summed E-state index contributed by atoms with van der Waals surface area (Å²) in [5, 5.41) is 15.0. The van der Waals surface area contributed by atoms with Crippen LogP contribution in [0.3, 0.4) is 0 Å². The normalized spacial score (nSPS) is 11.3. The minimum atomic E-state index is -2.90. The summed E-state index contributed by atoms with van der Waals surface area (Å²) in [6.45, 7) is 4.00. The highest BCUT2D eigenvalue weighted by atomic mass is 32.2. The van der Waals surface area contributed by atoms with E-state index in [0.717, 1.165) is 0 Å². The molecular weight excluding hydrogens is 536 g/mol. The second kappa shape index (κ2) is 13.5. The molecule has 3 aromatic heterocycles. The van der Waals surface area contributed by atoms with E-state index in [9.17, 15) is 21.8 Å². The zero-order chi connectivity index (χ0) is 28.0. The van der Waals surface area contributed by atoms with Crippen LogP contribution in [0, 0.1) is 11.3 Å². The molecule has 0 amide bonds. The van der Waals surface area contributed by atoms with Crippen molar-refractivity contribution in [1.82, 2.24) is 19.9 Å². The van der Waals surface area contributed by atoms with E-state index in [1.165, 1.54) is 47.9 Å². The predicted molar refractivity (Wildman–Crippen MR) is 146 cm³/mol. The number of aromatic amines is 1. The number of nitrogens with zero attached hydrogens (tertiary/aromatic N) is 5. The SMILES string of the molecule is C.CC.CN(c1cc(C(F)F)ccc1Nc1cc(Nc2cccc(C#N)n2)nc2nc(C(F)F)[nH]c12)S(C)=O. The Kier molecular flexibility index (Phi) is 10.7. The van der Waals surface area contributed by atoms with Crippen LogP contribution in [0.1, 0.15) is 51.2 Å². The van der Waals surface area contributed by atoms with Crippen molar-refractivity contribution in [1.29, 1.82) is 5.26 Å². The molecule has 3 N–H and O–H groups in total. The Morgan fingerprint density at radius 3 is 2.31 bits per heavy atom. The molecule has 39 heavy (non-hydrogen) atoms. The number of anilines is 5. The van der Waals surface area contributed by atoms with E-state index < -0.39 is 29.7 Å². The van der Waals surface area contributed by atoms with Crippen LogP contribution in [0.25, 0.3) is 11.2 Å². The molecule has 3 heterocycles. The Hall–Kier alpha value is -4.25. The fraction of sp³-hybridized carbons (Fsp3) is 0.280. The maximum atomic E-state index is 13.4. The summed E-state index contributed by atoms with van der Waals surface area (Å²) in [7, 11) is -0.0725. The third-order valence-electron chi connectivity index (χ3n) is 5.07. The highest BCUT2D eigenvalue weighted by molar-refractivity contribution is 7.85. The van der Waals surface area contributed by atoms with Crippen LogP contribution in [0.4, 0.5) is 46.3 Å². The average Bonchev–Trinajstić information content (AvgIpc) is 3.34. The molecule has 0 aliphatic heterocycles. The van der Waals surface area contributed by atoms with E-state index in [2.05, 4.69) is 30.6 Å². The molecular formula is C25H28F4N8OS. The smallest absolute Gasteiger partial charge is 0.295 e. The second-order valence-electron chi connectivity index (χ2n) is 7.44. The van der Waals surface area contributed by atoms with Gasteiger partial charge >= 0.3 is 0 Å². The van der Waals surface area contributed by atoms with Crippen molar-refractivity contribution in [3.8, 4) is 6.07 Å². The van der Waals surface area contributed by atoms with Crippen molar-refractivity contribution in [2.24, 2.45) is 0 Å². The summed E-state index contributed by atoms with van der Waals surface area (Å²) >= 11 is 0. The number of H-pyrrole nitrogens is 1. The van der Waals surface area contributed by atoms with Gasteiger partial charge in [0, 0.05) is 24.9 Å². The molecule has 0 saturated carbocycles. The first-order valence-corrected chi connectivity index (χ1v) is 12.8. The van der Waals surface area contributed by atoms with E-state index >= 15 is 0 Å². The van der Waals surface area contributed by atoms with E-state index in [-0.39, 0.29) is 58.5 Å². The van der Waals surface area contributed by atoms with Gasteiger partial charge in [-0.15, -0.1) is 0 Å². The van der Waals surface area contributed by atoms with Gasteiger partial charge in [0.05, 0.1) is 17.1 Å². The Labute approximate surface area is 225 Å². The molecule has 0 bridgehead atoms. The largest absolute Gasteiger partial charge is 0.352 e. The molecule has 4 aromatic rings. The van der Waals surface area contributed by atoms with Gasteiger partial charge in [0.15, 0.2) is 11.5 Å². The van der Waals surface area contributed by atoms with Crippen LogP contribution in [-0.2, 0) is 11.0 Å². The number of fused-ring (bicyclic) bond motifs is 1. The number of aromatic nitrogens is 4. The summed E-state index contributed by atoms with van der Waals surface area (Å²) in [4.78, 5) is 14.7. The Balaban J connectivity index is 0.00000174. The molecule has 0 aliphatic carbocycles. The van der Waals surface area contributed by atoms with Crippen LogP contribution < -0.4 is 14.9 Å². The molecule has 14 heteroatoms. The van der Waals surface area contributed by atoms with Crippen LogP contribution in [-0.4, -0.2) is 37.4 Å². The monoisotopic (exact) mass is 564 g/mol. The molecule has 0 spiro atoms. The molecule has 1 unspecified atom stereocenters. The average molecular weight is 565 g/mol. The Morgan fingerprint density at radius 2 is 1.69 bits per heavy atom. The zero-order valence-electron chi connectivity index (χ0n) is 20.8. The molecule has 0 saturated heterocycles. The summed E-state index contributed by atoms with van der Waals surface area (Å²) in [5.74, 6) is -0.167. The predicted octanol–water partition coefficient (Wildman–Crippen LogP) is 6.98. The minimum Gasteiger partial charge on any atom is -0.352 e. The highest BCUT2D eigenvalue weighted by Crippen LogP contribution is 2.36. The van der Waals surface area contributed by atoms with E-state index in [4.69, 9.17) is 5.26 Å². The fourth-order valence-electron chi connectivity index (χ4n) is 3.30. The first kappa shape index (κ1) is 31.0. The highest BCUT2D eigenvalue weighted by Gasteiger charge is 2.20. The molecule has 0 radical (unpaired) electrons. The first-order chi connectivity index (χ1) is 18.2. The number of rotatable bonds is 8. The summed E-state index contributed by atoms with van der Waals surface area (Å²) in [6, 6.07) is 11.9. The molecule has 0 fully saturated rings. The van der Waals surface area contributed by atoms with E-state index in [1.807, 2.05) is 19.9 Å². The van der Waals surface area contributed by atoms with Crippen LogP contribution in [0.5, 0.6) is 0 Å². The Morgan fingerprint density at radius 1 is 0.974 bits per heavy atom. The standard InChI is InChI=1S/C22H18F4N8OS.C2H6.CH4/c1-34(36(2)35)15-8-11(19(23)24)6-7-13(15)29-14-9-17(30-16-5-3-4-12(10-27)28-16)31-21-18(14)32-22(33-21)20(25)26;1-2;/h3-9,19-20H,1-2H3,(H3,28,29,30,31,32,33);1-2H3;1H4. The number of nitrogens with one attached hydrogen (secondary N) is 3. The number of halogens is 4. The zero-order valence-corrected chi connectivity index (χ0v) is 21.6. The van der Waals surface area contributed by atoms with Crippen molar-refractivity contribution >= 4 is 50.8 Å². The van der Waals surface area contributed by atoms with E-state index in [0.29, 0.717) is 0 Å². The molecule has 0 aliphatic rings. The van der Waals surface area contributed by atoms with Crippen molar-refractivity contribution in [2.75, 3.05) is 28.2 Å². The lowest BCUT2D eigenvalue weighted by atomic mass is 10.1. The van der Waals surface area contributed by atoms with Gasteiger partial charge < -0.3 is 15.6 Å². The molecule has 9 nitrogen and oxygen atoms in total. The summed E-state index contributed by atoms with van der Waals surface area (Å²) in [5.41, 5.74) is 0.683.